The van der Waals surface area contributed by atoms with Gasteiger partial charge in [0.2, 0.25) is 5.88 Å². The maximum atomic E-state index is 13.4. The summed E-state index contributed by atoms with van der Waals surface area (Å²) in [5.74, 6) is 0.231. The average Bonchev–Trinajstić information content (AvgIpc) is 3.35. The lowest BCUT2D eigenvalue weighted by molar-refractivity contribution is 0.0939. The normalized spacial score (nSPS) is 17.3. The van der Waals surface area contributed by atoms with Crippen molar-refractivity contribution in [3.05, 3.63) is 89.9 Å². The number of carbonyl (C=O) groups is 1. The van der Waals surface area contributed by atoms with Crippen molar-refractivity contribution in [1.82, 2.24) is 20.6 Å². The van der Waals surface area contributed by atoms with Crippen molar-refractivity contribution >= 4 is 16.8 Å². The minimum atomic E-state index is -0.229. The van der Waals surface area contributed by atoms with Crippen molar-refractivity contribution in [2.24, 2.45) is 0 Å². The molecule has 1 amide bonds. The van der Waals surface area contributed by atoms with Crippen molar-refractivity contribution in [2.45, 2.75) is 44.8 Å². The lowest BCUT2D eigenvalue weighted by Gasteiger charge is -2.16. The molecule has 0 aliphatic heterocycles. The second kappa shape index (κ2) is 10.8. The fourth-order valence-electron chi connectivity index (χ4n) is 4.70. The van der Waals surface area contributed by atoms with E-state index in [2.05, 4.69) is 15.6 Å². The van der Waals surface area contributed by atoms with Crippen molar-refractivity contribution in [3.63, 3.8) is 0 Å². The van der Waals surface area contributed by atoms with Gasteiger partial charge in [-0.2, -0.15) is 0 Å². The zero-order valence-corrected chi connectivity index (χ0v) is 20.2. The van der Waals surface area contributed by atoms with Gasteiger partial charge in [0.05, 0.1) is 23.4 Å². The summed E-state index contributed by atoms with van der Waals surface area (Å²) in [5.41, 5.74) is 3.93. The lowest BCUT2D eigenvalue weighted by Crippen LogP contribution is -2.35. The molecule has 2 aromatic carbocycles. The van der Waals surface area contributed by atoms with E-state index in [0.717, 1.165) is 41.3 Å². The minimum absolute atomic E-state index is 0.0886. The molecule has 1 aliphatic carbocycles. The minimum Gasteiger partial charge on any atom is -0.478 e. The van der Waals surface area contributed by atoms with E-state index in [4.69, 9.17) is 9.72 Å². The Morgan fingerprint density at radius 2 is 1.86 bits per heavy atom. The number of para-hydroxylation sites is 1. The van der Waals surface area contributed by atoms with E-state index in [-0.39, 0.29) is 17.8 Å². The highest BCUT2D eigenvalue weighted by molar-refractivity contribution is 6.07. The Morgan fingerprint density at radius 3 is 2.64 bits per heavy atom. The number of carbonyl (C=O) groups excluding carboxylic acids is 1. The Balaban J connectivity index is 1.29. The molecule has 0 bridgehead atoms. The zero-order chi connectivity index (χ0) is 24.9. The third-order valence-electron chi connectivity index (χ3n) is 6.56. The largest absolute Gasteiger partial charge is 0.478 e. The van der Waals surface area contributed by atoms with E-state index in [9.17, 15) is 9.18 Å². The molecule has 7 heteroatoms. The van der Waals surface area contributed by atoms with Crippen LogP contribution in [0.3, 0.4) is 0 Å². The summed E-state index contributed by atoms with van der Waals surface area (Å²) < 4.78 is 18.6. The third-order valence-corrected chi connectivity index (χ3v) is 6.56. The van der Waals surface area contributed by atoms with Gasteiger partial charge in [-0.05, 0) is 62.1 Å². The standard InChI is InChI=1S/C29H29FN4O2/c1-2-36-28-14-9-20(18-32-28)27-16-25(24-5-3-4-6-26(24)34-27)29(35)33-23-13-12-22(15-23)31-17-19-7-10-21(30)11-8-19/h3-11,14,16,18,22-23,31H,2,12-13,15,17H2,1H3,(H,33,35)/t22-,23+/m0/s1. The van der Waals surface area contributed by atoms with E-state index in [1.807, 2.05) is 49.4 Å². The van der Waals surface area contributed by atoms with E-state index in [0.29, 0.717) is 36.3 Å². The van der Waals surface area contributed by atoms with Crippen LogP contribution in [0.4, 0.5) is 4.39 Å². The predicted molar refractivity (Wildman–Crippen MR) is 138 cm³/mol. The van der Waals surface area contributed by atoms with Crippen molar-refractivity contribution < 1.29 is 13.9 Å². The van der Waals surface area contributed by atoms with Gasteiger partial charge in [-0.3, -0.25) is 4.79 Å². The fourth-order valence-corrected chi connectivity index (χ4v) is 4.70. The molecule has 6 nitrogen and oxygen atoms in total. The molecule has 0 saturated heterocycles. The van der Waals surface area contributed by atoms with Crippen LogP contribution in [0.25, 0.3) is 22.2 Å². The van der Waals surface area contributed by atoms with Crippen LogP contribution in [0.2, 0.25) is 0 Å². The Kier molecular flexibility index (Phi) is 7.18. The number of pyridine rings is 2. The molecular weight excluding hydrogens is 455 g/mol. The van der Waals surface area contributed by atoms with Crippen LogP contribution in [0.15, 0.2) is 72.9 Å². The summed E-state index contributed by atoms with van der Waals surface area (Å²) in [5, 5.41) is 7.59. The van der Waals surface area contributed by atoms with E-state index >= 15 is 0 Å². The molecule has 1 saturated carbocycles. The molecule has 2 heterocycles. The van der Waals surface area contributed by atoms with Crippen molar-refractivity contribution in [3.8, 4) is 17.1 Å². The Labute approximate surface area is 209 Å². The number of hydrogen-bond acceptors (Lipinski definition) is 5. The number of ether oxygens (including phenoxy) is 1. The molecule has 1 fully saturated rings. The first-order valence-electron chi connectivity index (χ1n) is 12.4. The zero-order valence-electron chi connectivity index (χ0n) is 20.2. The van der Waals surface area contributed by atoms with E-state index in [1.165, 1.54) is 12.1 Å². The second-order valence-electron chi connectivity index (χ2n) is 9.08. The van der Waals surface area contributed by atoms with E-state index < -0.39 is 0 Å². The van der Waals surface area contributed by atoms with Gasteiger partial charge in [-0.25, -0.2) is 14.4 Å². The van der Waals surface area contributed by atoms with Crippen LogP contribution >= 0.6 is 0 Å². The lowest BCUT2D eigenvalue weighted by atomic mass is 10.0. The van der Waals surface area contributed by atoms with Gasteiger partial charge in [0.25, 0.3) is 5.91 Å². The molecule has 184 valence electrons. The second-order valence-corrected chi connectivity index (χ2v) is 9.08. The predicted octanol–water partition coefficient (Wildman–Crippen LogP) is 5.28. The number of benzene rings is 2. The molecule has 2 N–H and O–H groups in total. The topological polar surface area (TPSA) is 76.1 Å². The molecule has 36 heavy (non-hydrogen) atoms. The quantitative estimate of drug-likeness (QED) is 0.356. The molecule has 2 aromatic heterocycles. The molecular formula is C29H29FN4O2. The monoisotopic (exact) mass is 484 g/mol. The molecule has 0 radical (unpaired) electrons. The number of nitrogens with one attached hydrogen (secondary N) is 2. The maximum absolute atomic E-state index is 13.4. The first-order chi connectivity index (χ1) is 17.6. The fraction of sp³-hybridized carbons (Fsp3) is 0.276. The van der Waals surface area contributed by atoms with Crippen LogP contribution in [0.5, 0.6) is 5.88 Å². The highest BCUT2D eigenvalue weighted by atomic mass is 19.1. The van der Waals surface area contributed by atoms with Gasteiger partial charge in [0.15, 0.2) is 0 Å². The summed E-state index contributed by atoms with van der Waals surface area (Å²) >= 11 is 0. The Morgan fingerprint density at radius 1 is 1.06 bits per heavy atom. The number of hydrogen-bond donors (Lipinski definition) is 2. The smallest absolute Gasteiger partial charge is 0.252 e. The Bertz CT molecular complexity index is 1340. The summed E-state index contributed by atoms with van der Waals surface area (Å²) in [4.78, 5) is 22.5. The van der Waals surface area contributed by atoms with Crippen LogP contribution in [0, 0.1) is 5.82 Å². The number of nitrogens with zero attached hydrogens (tertiary/aromatic N) is 2. The third kappa shape index (κ3) is 5.52. The van der Waals surface area contributed by atoms with Gasteiger partial charge >= 0.3 is 0 Å². The van der Waals surface area contributed by atoms with E-state index in [1.54, 1.807) is 18.3 Å². The average molecular weight is 485 g/mol. The summed E-state index contributed by atoms with van der Waals surface area (Å²) in [6, 6.07) is 20.2. The highest BCUT2D eigenvalue weighted by Gasteiger charge is 2.26. The summed E-state index contributed by atoms with van der Waals surface area (Å²) in [6.07, 6.45) is 4.46. The van der Waals surface area contributed by atoms with Gasteiger partial charge in [0, 0.05) is 41.8 Å². The molecule has 0 unspecified atom stereocenters. The van der Waals surface area contributed by atoms with Crippen LogP contribution in [-0.4, -0.2) is 34.6 Å². The number of rotatable bonds is 8. The van der Waals surface area contributed by atoms with Gasteiger partial charge in [-0.15, -0.1) is 0 Å². The SMILES string of the molecule is CCOc1ccc(-c2cc(C(=O)N[C@@H]3CC[C@H](NCc4ccc(F)cc4)C3)c3ccccc3n2)cn1. The molecule has 0 spiro atoms. The first kappa shape index (κ1) is 23.9. The molecule has 1 aliphatic rings. The summed E-state index contributed by atoms with van der Waals surface area (Å²) in [7, 11) is 0. The Hall–Kier alpha value is -3.84. The molecule has 4 aromatic rings. The summed E-state index contributed by atoms with van der Waals surface area (Å²) in [6.45, 7) is 3.15. The number of amides is 1. The maximum Gasteiger partial charge on any atom is 0.252 e. The van der Waals surface area contributed by atoms with Crippen LogP contribution < -0.4 is 15.4 Å². The van der Waals surface area contributed by atoms with Crippen molar-refractivity contribution in [1.29, 1.82) is 0 Å². The first-order valence-corrected chi connectivity index (χ1v) is 12.4. The van der Waals surface area contributed by atoms with Gasteiger partial charge in [-0.1, -0.05) is 30.3 Å². The van der Waals surface area contributed by atoms with Crippen LogP contribution in [-0.2, 0) is 6.54 Å². The van der Waals surface area contributed by atoms with Crippen molar-refractivity contribution in [2.75, 3.05) is 6.61 Å². The van der Waals surface area contributed by atoms with Crippen LogP contribution in [0.1, 0.15) is 42.1 Å². The molecule has 2 atom stereocenters. The van der Waals surface area contributed by atoms with Gasteiger partial charge < -0.3 is 15.4 Å². The van der Waals surface area contributed by atoms with Gasteiger partial charge in [0.1, 0.15) is 5.82 Å². The number of halogens is 1. The molecule has 5 rings (SSSR count). The number of fused-ring (bicyclic) bond motifs is 1. The highest BCUT2D eigenvalue weighted by Crippen LogP contribution is 2.27. The number of aromatic nitrogens is 2.